The van der Waals surface area contributed by atoms with E-state index in [2.05, 4.69) is 5.32 Å². The molecule has 2 fully saturated rings. The maximum absolute atomic E-state index is 13.3. The average Bonchev–Trinajstić information content (AvgIpc) is 3.36. The molecule has 2 aromatic carbocycles. The number of rotatable bonds is 5. The largest absolute Gasteiger partial charge is 0.349 e. The summed E-state index contributed by atoms with van der Waals surface area (Å²) in [5, 5.41) is 4.05. The van der Waals surface area contributed by atoms with Gasteiger partial charge in [-0.15, -0.1) is 11.6 Å². The summed E-state index contributed by atoms with van der Waals surface area (Å²) in [6.07, 6.45) is 1.27. The summed E-state index contributed by atoms with van der Waals surface area (Å²) in [7, 11) is 0. The lowest BCUT2D eigenvalue weighted by Gasteiger charge is -2.40. The molecule has 0 spiro atoms. The highest BCUT2D eigenvalue weighted by Gasteiger charge is 2.38. The van der Waals surface area contributed by atoms with Crippen molar-refractivity contribution in [3.05, 3.63) is 69.2 Å². The zero-order chi connectivity index (χ0) is 25.1. The lowest BCUT2D eigenvalue weighted by Crippen LogP contribution is -2.52. The van der Waals surface area contributed by atoms with E-state index >= 15 is 0 Å². The minimum atomic E-state index is -0.194. The van der Waals surface area contributed by atoms with Crippen molar-refractivity contribution in [1.29, 1.82) is 0 Å². The molecule has 3 amide bonds. The van der Waals surface area contributed by atoms with E-state index in [-0.39, 0.29) is 35.6 Å². The Hall–Kier alpha value is -2.28. The monoisotopic (exact) mass is 535 g/mol. The van der Waals surface area contributed by atoms with E-state index in [1.807, 2.05) is 29.2 Å². The Labute approximate surface area is 220 Å². The molecule has 0 saturated carbocycles. The number of nitrogens with one attached hydrogen (secondary N) is 1. The predicted octanol–water partition coefficient (Wildman–Crippen LogP) is 4.72. The fourth-order valence-corrected chi connectivity index (χ4v) is 5.39. The first-order valence-corrected chi connectivity index (χ1v) is 13.0. The van der Waals surface area contributed by atoms with Crippen LogP contribution >= 0.6 is 34.8 Å². The van der Waals surface area contributed by atoms with Gasteiger partial charge in [0.2, 0.25) is 11.8 Å². The van der Waals surface area contributed by atoms with E-state index in [9.17, 15) is 14.4 Å². The lowest BCUT2D eigenvalue weighted by molar-refractivity contribution is -0.137. The second-order valence-corrected chi connectivity index (χ2v) is 10.3. The SMILES string of the molecule is CC(=O)N1CCC(C(=O)N2CCC(NC(=O)c3ccc(CCl)cc3)C(c3ccc(Cl)c(Cl)c3)C2)C1. The van der Waals surface area contributed by atoms with Gasteiger partial charge in [-0.25, -0.2) is 0 Å². The van der Waals surface area contributed by atoms with Crippen LogP contribution in [0.25, 0.3) is 0 Å². The normalized spacial score (nSPS) is 22.2. The van der Waals surface area contributed by atoms with Crippen LogP contribution in [0.15, 0.2) is 42.5 Å². The van der Waals surface area contributed by atoms with Crippen LogP contribution in [0.4, 0.5) is 0 Å². The summed E-state index contributed by atoms with van der Waals surface area (Å²) in [5.74, 6) is -0.0822. The van der Waals surface area contributed by atoms with Gasteiger partial charge in [0.25, 0.3) is 5.91 Å². The van der Waals surface area contributed by atoms with Crippen molar-refractivity contribution >= 4 is 52.5 Å². The van der Waals surface area contributed by atoms with Gasteiger partial charge in [-0.05, 0) is 48.2 Å². The number of halogens is 3. The number of likely N-dealkylation sites (tertiary alicyclic amines) is 2. The Bertz CT molecular complexity index is 1110. The first-order chi connectivity index (χ1) is 16.8. The minimum absolute atomic E-state index is 0.00511. The smallest absolute Gasteiger partial charge is 0.251 e. The highest BCUT2D eigenvalue weighted by Crippen LogP contribution is 2.33. The van der Waals surface area contributed by atoms with Crippen molar-refractivity contribution in [3.8, 4) is 0 Å². The van der Waals surface area contributed by atoms with Crippen LogP contribution in [0.5, 0.6) is 0 Å². The summed E-state index contributed by atoms with van der Waals surface area (Å²) in [6.45, 7) is 3.58. The van der Waals surface area contributed by atoms with Crippen LogP contribution < -0.4 is 5.32 Å². The van der Waals surface area contributed by atoms with E-state index in [4.69, 9.17) is 34.8 Å². The molecule has 9 heteroatoms. The second kappa shape index (κ2) is 11.2. The number of nitrogens with zero attached hydrogens (tertiary/aromatic N) is 2. The Morgan fingerprint density at radius 1 is 0.943 bits per heavy atom. The van der Waals surface area contributed by atoms with Crippen LogP contribution in [-0.2, 0) is 15.5 Å². The van der Waals surface area contributed by atoms with Crippen molar-refractivity contribution in [3.63, 3.8) is 0 Å². The van der Waals surface area contributed by atoms with E-state index in [0.29, 0.717) is 60.5 Å². The number of benzene rings is 2. The van der Waals surface area contributed by atoms with Crippen molar-refractivity contribution in [2.75, 3.05) is 26.2 Å². The van der Waals surface area contributed by atoms with Gasteiger partial charge < -0.3 is 15.1 Å². The number of amides is 3. The van der Waals surface area contributed by atoms with Crippen LogP contribution in [-0.4, -0.2) is 59.7 Å². The Kier molecular flexibility index (Phi) is 8.25. The zero-order valence-corrected chi connectivity index (χ0v) is 21.7. The maximum Gasteiger partial charge on any atom is 0.251 e. The van der Waals surface area contributed by atoms with E-state index in [1.54, 1.807) is 23.1 Å². The molecule has 6 nitrogen and oxygen atoms in total. The molecule has 4 rings (SSSR count). The topological polar surface area (TPSA) is 69.7 Å². The van der Waals surface area contributed by atoms with Crippen molar-refractivity contribution < 1.29 is 14.4 Å². The third kappa shape index (κ3) is 5.93. The maximum atomic E-state index is 13.3. The third-order valence-corrected chi connectivity index (χ3v) is 8.01. The van der Waals surface area contributed by atoms with Gasteiger partial charge in [-0.1, -0.05) is 41.4 Å². The molecule has 1 N–H and O–H groups in total. The molecule has 2 heterocycles. The molecule has 3 atom stereocenters. The van der Waals surface area contributed by atoms with Gasteiger partial charge in [-0.2, -0.15) is 0 Å². The second-order valence-electron chi connectivity index (χ2n) is 9.21. The molecule has 0 aromatic heterocycles. The highest BCUT2D eigenvalue weighted by atomic mass is 35.5. The molecule has 3 unspecified atom stereocenters. The number of carbonyl (C=O) groups excluding carboxylic acids is 3. The first kappa shape index (κ1) is 25.8. The predicted molar refractivity (Wildman–Crippen MR) is 138 cm³/mol. The fourth-order valence-electron chi connectivity index (χ4n) is 4.91. The van der Waals surface area contributed by atoms with Gasteiger partial charge in [0.15, 0.2) is 0 Å². The van der Waals surface area contributed by atoms with Crippen molar-refractivity contribution in [2.24, 2.45) is 5.92 Å². The summed E-state index contributed by atoms with van der Waals surface area (Å²) in [6, 6.07) is 12.5. The molecule has 2 aliphatic rings. The van der Waals surface area contributed by atoms with Crippen LogP contribution in [0.3, 0.4) is 0 Å². The van der Waals surface area contributed by atoms with Gasteiger partial charge in [0.1, 0.15) is 0 Å². The Morgan fingerprint density at radius 3 is 2.29 bits per heavy atom. The van der Waals surface area contributed by atoms with Crippen molar-refractivity contribution in [1.82, 2.24) is 15.1 Å². The van der Waals surface area contributed by atoms with Crippen LogP contribution in [0.1, 0.15) is 47.2 Å². The summed E-state index contributed by atoms with van der Waals surface area (Å²) in [4.78, 5) is 41.6. The number of alkyl halides is 1. The Balaban J connectivity index is 1.52. The molecule has 0 aliphatic carbocycles. The molecular weight excluding hydrogens is 509 g/mol. The van der Waals surface area contributed by atoms with Gasteiger partial charge in [-0.3, -0.25) is 14.4 Å². The number of hydrogen-bond donors (Lipinski definition) is 1. The molecule has 186 valence electrons. The highest BCUT2D eigenvalue weighted by molar-refractivity contribution is 6.42. The zero-order valence-electron chi connectivity index (χ0n) is 19.5. The quantitative estimate of drug-likeness (QED) is 0.563. The molecular formula is C26H28Cl3N3O3. The lowest BCUT2D eigenvalue weighted by atomic mass is 9.85. The van der Waals surface area contributed by atoms with E-state index in [1.165, 1.54) is 6.92 Å². The van der Waals surface area contributed by atoms with Crippen molar-refractivity contribution in [2.45, 2.75) is 37.6 Å². The standard InChI is InChI=1S/C26H28Cl3N3O3/c1-16(33)31-10-8-20(14-31)26(35)32-11-9-24(21(15-32)19-6-7-22(28)23(29)12-19)30-25(34)18-4-2-17(13-27)3-5-18/h2-7,12,20-21,24H,8-11,13-15H2,1H3,(H,30,34). The van der Waals surface area contributed by atoms with E-state index in [0.717, 1.165) is 11.1 Å². The van der Waals surface area contributed by atoms with Gasteiger partial charge in [0, 0.05) is 56.5 Å². The summed E-state index contributed by atoms with van der Waals surface area (Å²) >= 11 is 18.3. The Morgan fingerprint density at radius 2 is 1.66 bits per heavy atom. The van der Waals surface area contributed by atoms with Gasteiger partial charge in [0.05, 0.1) is 16.0 Å². The van der Waals surface area contributed by atoms with E-state index < -0.39 is 0 Å². The van der Waals surface area contributed by atoms with Crippen LogP contribution in [0.2, 0.25) is 10.0 Å². The van der Waals surface area contributed by atoms with Gasteiger partial charge >= 0.3 is 0 Å². The minimum Gasteiger partial charge on any atom is -0.349 e. The molecule has 2 aliphatic heterocycles. The summed E-state index contributed by atoms with van der Waals surface area (Å²) < 4.78 is 0. The van der Waals surface area contributed by atoms with Crippen LogP contribution in [0, 0.1) is 5.92 Å². The molecule has 0 bridgehead atoms. The average molecular weight is 537 g/mol. The molecule has 2 aromatic rings. The molecule has 35 heavy (non-hydrogen) atoms. The fraction of sp³-hybridized carbons (Fsp3) is 0.423. The first-order valence-electron chi connectivity index (χ1n) is 11.7. The molecule has 2 saturated heterocycles. The third-order valence-electron chi connectivity index (χ3n) is 6.97. The molecule has 0 radical (unpaired) electrons. The number of piperidine rings is 1. The number of hydrogen-bond acceptors (Lipinski definition) is 3. The number of carbonyl (C=O) groups is 3. The summed E-state index contributed by atoms with van der Waals surface area (Å²) in [5.41, 5.74) is 2.41.